The SMILES string of the molecule is COc1c2c(cc3c1[nH]c1ccccc13)C(=O)O[C@@H]2[C@@H](O)C(C)(C)O. The number of fused-ring (bicyclic) bond motifs is 4. The Hall–Kier alpha value is -2.57. The van der Waals surface area contributed by atoms with Gasteiger partial charge in [0, 0.05) is 16.3 Å². The van der Waals surface area contributed by atoms with Gasteiger partial charge in [-0.15, -0.1) is 0 Å². The summed E-state index contributed by atoms with van der Waals surface area (Å²) in [7, 11) is 1.51. The van der Waals surface area contributed by atoms with Crippen LogP contribution in [0.4, 0.5) is 0 Å². The van der Waals surface area contributed by atoms with Crippen molar-refractivity contribution in [1.82, 2.24) is 4.98 Å². The molecule has 2 heterocycles. The number of ether oxygens (including phenoxy) is 2. The molecule has 2 atom stereocenters. The molecule has 0 amide bonds. The van der Waals surface area contributed by atoms with E-state index in [0.717, 1.165) is 21.8 Å². The predicted octanol–water partition coefficient (Wildman–Crippen LogP) is 2.67. The highest BCUT2D eigenvalue weighted by Gasteiger charge is 2.45. The molecule has 0 bridgehead atoms. The molecule has 0 radical (unpaired) electrons. The Morgan fingerprint density at radius 3 is 2.68 bits per heavy atom. The number of nitrogens with one attached hydrogen (secondary N) is 1. The minimum atomic E-state index is -1.44. The number of benzene rings is 2. The molecule has 0 saturated heterocycles. The standard InChI is InChI=1S/C19H19NO5/c1-19(2,23)17(21)16-13-11(18(22)25-16)8-10-9-6-4-5-7-12(9)20-14(10)15(13)24-3/h4-8,16-17,20-21,23H,1-3H3/t16-,17+/m0/s1. The second-order valence-electron chi connectivity index (χ2n) is 6.89. The van der Waals surface area contributed by atoms with Crippen LogP contribution in [0.2, 0.25) is 0 Å². The van der Waals surface area contributed by atoms with Gasteiger partial charge < -0.3 is 24.7 Å². The first-order chi connectivity index (χ1) is 11.8. The third kappa shape index (κ3) is 2.22. The Balaban J connectivity index is 2.04. The maximum atomic E-state index is 12.4. The van der Waals surface area contributed by atoms with Crippen molar-refractivity contribution in [3.05, 3.63) is 41.5 Å². The molecule has 6 nitrogen and oxygen atoms in total. The summed E-state index contributed by atoms with van der Waals surface area (Å²) in [6, 6.07) is 9.51. The number of aliphatic hydroxyl groups is 2. The fourth-order valence-electron chi connectivity index (χ4n) is 3.47. The van der Waals surface area contributed by atoms with Crippen molar-refractivity contribution in [2.45, 2.75) is 31.7 Å². The van der Waals surface area contributed by atoms with E-state index in [0.29, 0.717) is 16.9 Å². The van der Waals surface area contributed by atoms with E-state index in [9.17, 15) is 15.0 Å². The van der Waals surface area contributed by atoms with E-state index in [2.05, 4.69) is 4.98 Å². The van der Waals surface area contributed by atoms with Crippen LogP contribution < -0.4 is 4.74 Å². The fourth-order valence-corrected chi connectivity index (χ4v) is 3.47. The summed E-state index contributed by atoms with van der Waals surface area (Å²) < 4.78 is 11.0. The minimum Gasteiger partial charge on any atom is -0.494 e. The van der Waals surface area contributed by atoms with Crippen molar-refractivity contribution in [2.24, 2.45) is 0 Å². The molecule has 0 spiro atoms. The number of aromatic nitrogens is 1. The van der Waals surface area contributed by atoms with E-state index in [4.69, 9.17) is 9.47 Å². The van der Waals surface area contributed by atoms with E-state index in [1.807, 2.05) is 24.3 Å². The summed E-state index contributed by atoms with van der Waals surface area (Å²) in [4.78, 5) is 15.7. The smallest absolute Gasteiger partial charge is 0.339 e. The highest BCUT2D eigenvalue weighted by Crippen LogP contribution is 2.46. The zero-order valence-corrected chi connectivity index (χ0v) is 14.2. The molecule has 3 N–H and O–H groups in total. The van der Waals surface area contributed by atoms with Gasteiger partial charge >= 0.3 is 5.97 Å². The van der Waals surface area contributed by atoms with Gasteiger partial charge in [-0.3, -0.25) is 0 Å². The number of H-pyrrole nitrogens is 1. The van der Waals surface area contributed by atoms with Crippen LogP contribution in [0.25, 0.3) is 21.8 Å². The average Bonchev–Trinajstić information content (AvgIpc) is 3.10. The summed E-state index contributed by atoms with van der Waals surface area (Å²) in [5.41, 5.74) is 1.03. The van der Waals surface area contributed by atoms with Crippen molar-refractivity contribution in [3.63, 3.8) is 0 Å². The van der Waals surface area contributed by atoms with E-state index in [1.165, 1.54) is 21.0 Å². The van der Waals surface area contributed by atoms with Gasteiger partial charge in [-0.2, -0.15) is 0 Å². The fraction of sp³-hybridized carbons (Fsp3) is 0.316. The molecule has 0 unspecified atom stereocenters. The van der Waals surface area contributed by atoms with Gasteiger partial charge in [0.15, 0.2) is 11.9 Å². The van der Waals surface area contributed by atoms with Gasteiger partial charge in [0.25, 0.3) is 0 Å². The van der Waals surface area contributed by atoms with Gasteiger partial charge in [-0.1, -0.05) is 18.2 Å². The number of aromatic amines is 1. The molecule has 0 aliphatic carbocycles. The summed E-state index contributed by atoms with van der Waals surface area (Å²) in [5.74, 6) is -0.0865. The maximum Gasteiger partial charge on any atom is 0.339 e. The van der Waals surface area contributed by atoms with Gasteiger partial charge in [-0.25, -0.2) is 4.79 Å². The van der Waals surface area contributed by atoms with Crippen LogP contribution in [-0.2, 0) is 4.74 Å². The quantitative estimate of drug-likeness (QED) is 0.637. The van der Waals surface area contributed by atoms with Crippen LogP contribution in [0.5, 0.6) is 5.75 Å². The van der Waals surface area contributed by atoms with Crippen LogP contribution in [0, 0.1) is 0 Å². The number of esters is 1. The van der Waals surface area contributed by atoms with E-state index in [-0.39, 0.29) is 0 Å². The molecule has 1 aliphatic rings. The van der Waals surface area contributed by atoms with Gasteiger partial charge in [0.1, 0.15) is 6.10 Å². The lowest BCUT2D eigenvalue weighted by Gasteiger charge is -2.29. The molecule has 1 aromatic heterocycles. The summed E-state index contributed by atoms with van der Waals surface area (Å²) in [6.07, 6.45) is -2.28. The van der Waals surface area contributed by atoms with E-state index >= 15 is 0 Å². The molecule has 4 rings (SSSR count). The second kappa shape index (κ2) is 5.21. The third-order valence-corrected chi connectivity index (χ3v) is 4.75. The number of hydrogen-bond donors (Lipinski definition) is 3. The number of aliphatic hydroxyl groups excluding tert-OH is 1. The Kier molecular flexibility index (Phi) is 3.32. The Morgan fingerprint density at radius 1 is 1.28 bits per heavy atom. The lowest BCUT2D eigenvalue weighted by atomic mass is 9.90. The third-order valence-electron chi connectivity index (χ3n) is 4.75. The summed E-state index contributed by atoms with van der Waals surface area (Å²) >= 11 is 0. The summed E-state index contributed by atoms with van der Waals surface area (Å²) in [6.45, 7) is 2.94. The molecule has 0 fully saturated rings. The highest BCUT2D eigenvalue weighted by molar-refractivity contribution is 6.13. The largest absolute Gasteiger partial charge is 0.494 e. The Morgan fingerprint density at radius 2 is 2.00 bits per heavy atom. The van der Waals surface area contributed by atoms with Crippen molar-refractivity contribution in [1.29, 1.82) is 0 Å². The zero-order valence-electron chi connectivity index (χ0n) is 14.2. The first kappa shape index (κ1) is 15.9. The van der Waals surface area contributed by atoms with E-state index < -0.39 is 23.8 Å². The number of para-hydroxylation sites is 1. The molecule has 2 aromatic carbocycles. The highest BCUT2D eigenvalue weighted by atomic mass is 16.6. The minimum absolute atomic E-state index is 0.349. The van der Waals surface area contributed by atoms with Crippen molar-refractivity contribution >= 4 is 27.8 Å². The molecule has 1 aliphatic heterocycles. The number of cyclic esters (lactones) is 1. The van der Waals surface area contributed by atoms with Crippen molar-refractivity contribution < 1.29 is 24.5 Å². The summed E-state index contributed by atoms with van der Waals surface area (Å²) in [5, 5.41) is 22.5. The molecule has 0 saturated carbocycles. The molecule has 25 heavy (non-hydrogen) atoms. The maximum absolute atomic E-state index is 12.4. The van der Waals surface area contributed by atoms with Gasteiger partial charge in [0.05, 0.1) is 29.4 Å². The Labute approximate surface area is 144 Å². The lowest BCUT2D eigenvalue weighted by Crippen LogP contribution is -2.40. The molecule has 6 heteroatoms. The second-order valence-corrected chi connectivity index (χ2v) is 6.89. The van der Waals surface area contributed by atoms with Crippen molar-refractivity contribution in [2.75, 3.05) is 7.11 Å². The Bertz CT molecular complexity index is 998. The number of hydrogen-bond acceptors (Lipinski definition) is 5. The topological polar surface area (TPSA) is 91.8 Å². The van der Waals surface area contributed by atoms with Gasteiger partial charge in [0.2, 0.25) is 0 Å². The number of carbonyl (C=O) groups excluding carboxylic acids is 1. The molecular weight excluding hydrogens is 322 g/mol. The van der Waals surface area contributed by atoms with Crippen LogP contribution in [0.1, 0.15) is 35.9 Å². The van der Waals surface area contributed by atoms with Crippen LogP contribution in [0.3, 0.4) is 0 Å². The van der Waals surface area contributed by atoms with Gasteiger partial charge in [-0.05, 0) is 26.0 Å². The predicted molar refractivity (Wildman–Crippen MR) is 92.8 cm³/mol. The number of rotatable bonds is 3. The lowest BCUT2D eigenvalue weighted by molar-refractivity contribution is -0.107. The number of carbonyl (C=O) groups is 1. The van der Waals surface area contributed by atoms with Crippen LogP contribution >= 0.6 is 0 Å². The molecule has 3 aromatic rings. The first-order valence-electron chi connectivity index (χ1n) is 8.05. The monoisotopic (exact) mass is 341 g/mol. The van der Waals surface area contributed by atoms with Crippen molar-refractivity contribution in [3.8, 4) is 5.75 Å². The van der Waals surface area contributed by atoms with Crippen LogP contribution in [-0.4, -0.2) is 40.0 Å². The average molecular weight is 341 g/mol. The first-order valence-corrected chi connectivity index (χ1v) is 8.05. The normalized spacial score (nSPS) is 18.4. The van der Waals surface area contributed by atoms with Crippen LogP contribution in [0.15, 0.2) is 30.3 Å². The zero-order chi connectivity index (χ0) is 17.9. The number of methoxy groups -OCH3 is 1. The molecule has 130 valence electrons. The molecular formula is C19H19NO5. The van der Waals surface area contributed by atoms with E-state index in [1.54, 1.807) is 6.07 Å².